The molecule has 0 aliphatic rings. The molecule has 1 rings (SSSR count). The minimum Gasteiger partial charge on any atom is -0.466 e. The number of aryl methyl sites for hydroxylation is 1. The molecular weight excluding hydrogens is 302 g/mol. The zero-order chi connectivity index (χ0) is 13.7. The fourth-order valence-corrected chi connectivity index (χ4v) is 2.23. The summed E-state index contributed by atoms with van der Waals surface area (Å²) in [6.45, 7) is 3.82. The second kappa shape index (κ2) is 6.49. The maximum atomic E-state index is 11.4. The Kier molecular flexibility index (Phi) is 5.27. The van der Waals surface area contributed by atoms with Gasteiger partial charge in [0.25, 0.3) is 5.69 Å². The number of hydrogen-bond acceptors (Lipinski definition) is 4. The van der Waals surface area contributed by atoms with Crippen LogP contribution in [-0.2, 0) is 21.3 Å². The largest absolute Gasteiger partial charge is 0.466 e. The van der Waals surface area contributed by atoms with Crippen LogP contribution in [0, 0.1) is 17.0 Å². The third-order valence-corrected chi connectivity index (χ3v) is 3.12. The van der Waals surface area contributed by atoms with Gasteiger partial charge in [-0.2, -0.15) is 0 Å². The van der Waals surface area contributed by atoms with Crippen LogP contribution in [0.25, 0.3) is 0 Å². The van der Waals surface area contributed by atoms with E-state index in [2.05, 4.69) is 15.9 Å². The lowest BCUT2D eigenvalue weighted by Gasteiger charge is -2.07. The van der Waals surface area contributed by atoms with Crippen LogP contribution in [0.2, 0.25) is 0 Å². The van der Waals surface area contributed by atoms with E-state index in [1.807, 2.05) is 6.92 Å². The SMILES string of the molecule is CCOC(=O)Cc1cc(C)c(CBr)cc1[N+](=O)[O-]. The van der Waals surface area contributed by atoms with Crippen molar-refractivity contribution in [2.45, 2.75) is 25.6 Å². The highest BCUT2D eigenvalue weighted by Crippen LogP contribution is 2.25. The van der Waals surface area contributed by atoms with Crippen molar-refractivity contribution in [2.75, 3.05) is 6.61 Å². The van der Waals surface area contributed by atoms with Crippen LogP contribution in [0.5, 0.6) is 0 Å². The van der Waals surface area contributed by atoms with Crippen LogP contribution in [-0.4, -0.2) is 17.5 Å². The molecule has 0 aliphatic carbocycles. The van der Waals surface area contributed by atoms with Gasteiger partial charge in [0.2, 0.25) is 0 Å². The van der Waals surface area contributed by atoms with Gasteiger partial charge in [0, 0.05) is 17.0 Å². The van der Waals surface area contributed by atoms with E-state index >= 15 is 0 Å². The molecule has 6 heteroatoms. The molecule has 0 fully saturated rings. The number of nitrogens with zero attached hydrogens (tertiary/aromatic N) is 1. The summed E-state index contributed by atoms with van der Waals surface area (Å²) in [5.41, 5.74) is 2.11. The maximum absolute atomic E-state index is 11.4. The predicted molar refractivity (Wildman–Crippen MR) is 70.8 cm³/mol. The zero-order valence-corrected chi connectivity index (χ0v) is 11.8. The van der Waals surface area contributed by atoms with Gasteiger partial charge < -0.3 is 4.74 Å². The van der Waals surface area contributed by atoms with Gasteiger partial charge in [-0.25, -0.2) is 0 Å². The van der Waals surface area contributed by atoms with E-state index in [1.165, 1.54) is 6.07 Å². The number of nitro groups is 1. The first kappa shape index (κ1) is 14.6. The van der Waals surface area contributed by atoms with E-state index in [1.54, 1.807) is 13.0 Å². The van der Waals surface area contributed by atoms with Gasteiger partial charge >= 0.3 is 5.97 Å². The first-order chi connectivity index (χ1) is 8.49. The smallest absolute Gasteiger partial charge is 0.310 e. The molecule has 0 N–H and O–H groups in total. The molecule has 0 aliphatic heterocycles. The van der Waals surface area contributed by atoms with Crippen molar-refractivity contribution >= 4 is 27.6 Å². The second-order valence-corrected chi connectivity index (χ2v) is 4.34. The summed E-state index contributed by atoms with van der Waals surface area (Å²) in [5.74, 6) is -0.452. The molecule has 0 unspecified atom stereocenters. The number of benzene rings is 1. The predicted octanol–water partition coefficient (Wildman–Crippen LogP) is 2.90. The molecule has 1 aromatic rings. The number of nitro benzene ring substituents is 1. The molecule has 0 spiro atoms. The molecule has 1 aromatic carbocycles. The molecule has 0 saturated heterocycles. The Labute approximate surface area is 113 Å². The highest BCUT2D eigenvalue weighted by atomic mass is 79.9. The monoisotopic (exact) mass is 315 g/mol. The summed E-state index contributed by atoms with van der Waals surface area (Å²) in [5, 5.41) is 11.5. The molecular formula is C12H14BrNO4. The minimum atomic E-state index is -0.472. The van der Waals surface area contributed by atoms with Crippen LogP contribution < -0.4 is 0 Å². The molecule has 0 amide bonds. The van der Waals surface area contributed by atoms with E-state index in [0.29, 0.717) is 10.9 Å². The summed E-state index contributed by atoms with van der Waals surface area (Å²) in [6, 6.07) is 3.17. The fourth-order valence-electron chi connectivity index (χ4n) is 1.62. The number of alkyl halides is 1. The van der Waals surface area contributed by atoms with Crippen molar-refractivity contribution in [1.29, 1.82) is 0 Å². The van der Waals surface area contributed by atoms with Crippen LogP contribution in [0.3, 0.4) is 0 Å². The van der Waals surface area contributed by atoms with Gasteiger partial charge in [0.15, 0.2) is 0 Å². The quantitative estimate of drug-likeness (QED) is 0.362. The Balaban J connectivity index is 3.13. The van der Waals surface area contributed by atoms with Crippen LogP contribution in [0.1, 0.15) is 23.6 Å². The van der Waals surface area contributed by atoms with Crippen LogP contribution in [0.4, 0.5) is 5.69 Å². The van der Waals surface area contributed by atoms with Gasteiger partial charge in [-0.3, -0.25) is 14.9 Å². The topological polar surface area (TPSA) is 69.4 Å². The fraction of sp³-hybridized carbons (Fsp3) is 0.417. The Morgan fingerprint density at radius 3 is 2.61 bits per heavy atom. The van der Waals surface area contributed by atoms with E-state index in [4.69, 9.17) is 4.74 Å². The number of esters is 1. The summed E-state index contributed by atoms with van der Waals surface area (Å²) >= 11 is 3.28. The van der Waals surface area contributed by atoms with Crippen molar-refractivity contribution in [3.05, 3.63) is 38.9 Å². The van der Waals surface area contributed by atoms with Crippen LogP contribution in [0.15, 0.2) is 12.1 Å². The Morgan fingerprint density at radius 2 is 2.11 bits per heavy atom. The van der Waals surface area contributed by atoms with E-state index in [-0.39, 0.29) is 18.7 Å². The molecule has 98 valence electrons. The van der Waals surface area contributed by atoms with Gasteiger partial charge in [-0.1, -0.05) is 15.9 Å². The van der Waals surface area contributed by atoms with E-state index < -0.39 is 10.9 Å². The lowest BCUT2D eigenvalue weighted by molar-refractivity contribution is -0.385. The second-order valence-electron chi connectivity index (χ2n) is 3.78. The lowest BCUT2D eigenvalue weighted by atomic mass is 10.0. The number of carbonyl (C=O) groups excluding carboxylic acids is 1. The Morgan fingerprint density at radius 1 is 1.44 bits per heavy atom. The standard InChI is InChI=1S/C12H14BrNO4/c1-3-18-12(15)6-9-4-8(2)10(7-13)5-11(9)14(16)17/h4-5H,3,6-7H2,1-2H3. The third kappa shape index (κ3) is 3.53. The van der Waals surface area contributed by atoms with Crippen molar-refractivity contribution in [3.63, 3.8) is 0 Å². The lowest BCUT2D eigenvalue weighted by Crippen LogP contribution is -2.10. The average Bonchev–Trinajstić information content (AvgIpc) is 2.29. The highest BCUT2D eigenvalue weighted by Gasteiger charge is 2.19. The van der Waals surface area contributed by atoms with Crippen molar-refractivity contribution in [1.82, 2.24) is 0 Å². The van der Waals surface area contributed by atoms with Crippen molar-refractivity contribution in [2.24, 2.45) is 0 Å². The van der Waals surface area contributed by atoms with Gasteiger partial charge in [0.05, 0.1) is 18.0 Å². The molecule has 0 saturated carbocycles. The normalized spacial score (nSPS) is 10.2. The van der Waals surface area contributed by atoms with Gasteiger partial charge in [-0.15, -0.1) is 0 Å². The minimum absolute atomic E-state index is 0.0388. The molecule has 0 radical (unpaired) electrons. The summed E-state index contributed by atoms with van der Waals surface area (Å²) in [7, 11) is 0. The summed E-state index contributed by atoms with van der Waals surface area (Å²) in [6.07, 6.45) is -0.0758. The third-order valence-electron chi connectivity index (χ3n) is 2.52. The molecule has 18 heavy (non-hydrogen) atoms. The van der Waals surface area contributed by atoms with Gasteiger partial charge in [0.1, 0.15) is 0 Å². The molecule has 5 nitrogen and oxygen atoms in total. The zero-order valence-electron chi connectivity index (χ0n) is 10.2. The number of rotatable bonds is 5. The molecule has 0 aromatic heterocycles. The van der Waals surface area contributed by atoms with Gasteiger partial charge in [-0.05, 0) is 31.0 Å². The molecule has 0 atom stereocenters. The first-order valence-corrected chi connectivity index (χ1v) is 6.60. The number of ether oxygens (including phenoxy) is 1. The maximum Gasteiger partial charge on any atom is 0.310 e. The number of carbonyl (C=O) groups is 1. The number of hydrogen-bond donors (Lipinski definition) is 0. The highest BCUT2D eigenvalue weighted by molar-refractivity contribution is 9.08. The Hall–Kier alpha value is -1.43. The van der Waals surface area contributed by atoms with E-state index in [9.17, 15) is 14.9 Å². The Bertz CT molecular complexity index is 473. The molecule has 0 heterocycles. The summed E-state index contributed by atoms with van der Waals surface area (Å²) < 4.78 is 4.81. The van der Waals surface area contributed by atoms with Crippen molar-refractivity contribution in [3.8, 4) is 0 Å². The van der Waals surface area contributed by atoms with Crippen molar-refractivity contribution < 1.29 is 14.5 Å². The molecule has 0 bridgehead atoms. The first-order valence-electron chi connectivity index (χ1n) is 5.48. The summed E-state index contributed by atoms with van der Waals surface area (Å²) in [4.78, 5) is 21.9. The van der Waals surface area contributed by atoms with E-state index in [0.717, 1.165) is 11.1 Å². The number of halogens is 1. The van der Waals surface area contributed by atoms with Crippen LogP contribution >= 0.6 is 15.9 Å². The average molecular weight is 316 g/mol.